The summed E-state index contributed by atoms with van der Waals surface area (Å²) < 4.78 is 2.17. The van der Waals surface area contributed by atoms with Crippen molar-refractivity contribution in [2.75, 3.05) is 6.54 Å². The lowest BCUT2D eigenvalue weighted by Gasteiger charge is -2.24. The molecule has 1 aliphatic carbocycles. The molecule has 2 unspecified atom stereocenters. The summed E-state index contributed by atoms with van der Waals surface area (Å²) in [7, 11) is 0. The van der Waals surface area contributed by atoms with E-state index < -0.39 is 0 Å². The Morgan fingerprint density at radius 2 is 2.28 bits per heavy atom. The quantitative estimate of drug-likeness (QED) is 0.869. The van der Waals surface area contributed by atoms with Crippen LogP contribution in [0.1, 0.15) is 51.4 Å². The number of aryl methyl sites for hydroxylation is 2. The zero-order valence-electron chi connectivity index (χ0n) is 12.3. The van der Waals surface area contributed by atoms with Gasteiger partial charge in [-0.25, -0.2) is 0 Å². The average Bonchev–Trinajstić information content (AvgIpc) is 2.83. The summed E-state index contributed by atoms with van der Waals surface area (Å²) in [5.74, 6) is 0. The molecule has 0 spiro atoms. The van der Waals surface area contributed by atoms with Crippen LogP contribution in [-0.2, 0) is 13.0 Å². The van der Waals surface area contributed by atoms with Gasteiger partial charge in [0, 0.05) is 18.3 Å². The molecule has 1 aliphatic rings. The fourth-order valence-corrected chi connectivity index (χ4v) is 3.40. The molecule has 0 bridgehead atoms. The number of nitrogens with zero attached hydrogens (tertiary/aromatic N) is 2. The van der Waals surface area contributed by atoms with Crippen molar-refractivity contribution in [1.82, 2.24) is 15.1 Å². The Hall–Kier alpha value is -0.830. The molecule has 0 radical (unpaired) electrons. The normalized spacial score (nSPS) is 27.9. The van der Waals surface area contributed by atoms with Crippen molar-refractivity contribution in [3.05, 3.63) is 17.5 Å². The molecular weight excluding hydrogens is 222 g/mol. The van der Waals surface area contributed by atoms with Crippen LogP contribution in [-0.4, -0.2) is 22.4 Å². The van der Waals surface area contributed by atoms with Crippen molar-refractivity contribution in [3.8, 4) is 0 Å². The highest BCUT2D eigenvalue weighted by Crippen LogP contribution is 2.40. The monoisotopic (exact) mass is 249 g/mol. The number of hydrogen-bond donors (Lipinski definition) is 1. The second-order valence-corrected chi connectivity index (χ2v) is 6.08. The van der Waals surface area contributed by atoms with Crippen LogP contribution in [0.2, 0.25) is 0 Å². The van der Waals surface area contributed by atoms with Crippen molar-refractivity contribution in [2.24, 2.45) is 5.41 Å². The van der Waals surface area contributed by atoms with Gasteiger partial charge in [-0.3, -0.25) is 4.68 Å². The van der Waals surface area contributed by atoms with Crippen LogP contribution in [0.5, 0.6) is 0 Å². The first-order valence-corrected chi connectivity index (χ1v) is 7.33. The van der Waals surface area contributed by atoms with E-state index in [1.165, 1.54) is 31.4 Å². The highest BCUT2D eigenvalue weighted by Gasteiger charge is 2.35. The maximum absolute atomic E-state index is 4.56. The highest BCUT2D eigenvalue weighted by atomic mass is 15.3. The minimum atomic E-state index is 0.451. The van der Waals surface area contributed by atoms with E-state index in [1.54, 1.807) is 0 Å². The van der Waals surface area contributed by atoms with Crippen LogP contribution in [0.4, 0.5) is 0 Å². The first-order chi connectivity index (χ1) is 8.56. The van der Waals surface area contributed by atoms with Crippen LogP contribution in [0, 0.1) is 12.3 Å². The van der Waals surface area contributed by atoms with E-state index in [1.807, 2.05) is 0 Å². The smallest absolute Gasteiger partial charge is 0.0596 e. The molecule has 0 aliphatic heterocycles. The third kappa shape index (κ3) is 2.94. The standard InChI is InChI=1S/C15H27N3/c1-5-16-13-7-8-15(4,10-13)11-14-9-12(3)17-18(14)6-2/h9,13,16H,5-8,10-11H2,1-4H3. The van der Waals surface area contributed by atoms with Gasteiger partial charge in [0.05, 0.1) is 5.69 Å². The fraction of sp³-hybridized carbons (Fsp3) is 0.800. The zero-order chi connectivity index (χ0) is 13.2. The molecule has 1 aromatic rings. The number of aromatic nitrogens is 2. The number of rotatable bonds is 5. The predicted octanol–water partition coefficient (Wildman–Crippen LogP) is 2.92. The second kappa shape index (κ2) is 5.43. The summed E-state index contributed by atoms with van der Waals surface area (Å²) in [5.41, 5.74) is 3.01. The van der Waals surface area contributed by atoms with Gasteiger partial charge in [-0.15, -0.1) is 0 Å². The number of nitrogens with one attached hydrogen (secondary N) is 1. The Bertz CT molecular complexity index is 396. The lowest BCUT2D eigenvalue weighted by atomic mass is 9.83. The van der Waals surface area contributed by atoms with Crippen molar-refractivity contribution in [2.45, 2.75) is 66.0 Å². The fourth-order valence-electron chi connectivity index (χ4n) is 3.40. The summed E-state index contributed by atoms with van der Waals surface area (Å²) in [4.78, 5) is 0. The third-order valence-electron chi connectivity index (χ3n) is 4.22. The molecule has 0 amide bonds. The van der Waals surface area contributed by atoms with E-state index in [4.69, 9.17) is 0 Å². The summed E-state index contributed by atoms with van der Waals surface area (Å²) in [6, 6.07) is 2.98. The molecule has 0 saturated heterocycles. The van der Waals surface area contributed by atoms with Gasteiger partial charge in [0.25, 0.3) is 0 Å². The van der Waals surface area contributed by atoms with Crippen molar-refractivity contribution in [1.29, 1.82) is 0 Å². The lowest BCUT2D eigenvalue weighted by molar-refractivity contribution is 0.313. The minimum absolute atomic E-state index is 0.451. The Kier molecular flexibility index (Phi) is 4.10. The topological polar surface area (TPSA) is 29.9 Å². The molecule has 1 fully saturated rings. The van der Waals surface area contributed by atoms with E-state index in [0.29, 0.717) is 5.41 Å². The Morgan fingerprint density at radius 3 is 2.94 bits per heavy atom. The maximum Gasteiger partial charge on any atom is 0.0596 e. The maximum atomic E-state index is 4.56. The van der Waals surface area contributed by atoms with Gasteiger partial charge in [-0.1, -0.05) is 13.8 Å². The molecule has 2 atom stereocenters. The highest BCUT2D eigenvalue weighted by molar-refractivity contribution is 5.12. The molecule has 1 saturated carbocycles. The van der Waals surface area contributed by atoms with Gasteiger partial charge in [0.15, 0.2) is 0 Å². The first kappa shape index (κ1) is 13.6. The Morgan fingerprint density at radius 1 is 1.50 bits per heavy atom. The molecule has 3 nitrogen and oxygen atoms in total. The summed E-state index contributed by atoms with van der Waals surface area (Å²) in [6.45, 7) is 11.0. The van der Waals surface area contributed by atoms with Gasteiger partial charge in [0.2, 0.25) is 0 Å². The molecule has 18 heavy (non-hydrogen) atoms. The summed E-state index contributed by atoms with van der Waals surface area (Å²) in [5, 5.41) is 8.16. The van der Waals surface area contributed by atoms with Crippen molar-refractivity contribution in [3.63, 3.8) is 0 Å². The van der Waals surface area contributed by atoms with Crippen molar-refractivity contribution < 1.29 is 0 Å². The van der Waals surface area contributed by atoms with Crippen LogP contribution in [0.15, 0.2) is 6.07 Å². The molecule has 1 heterocycles. The van der Waals surface area contributed by atoms with Crippen LogP contribution in [0.3, 0.4) is 0 Å². The molecule has 2 rings (SSSR count). The Balaban J connectivity index is 2.04. The first-order valence-electron chi connectivity index (χ1n) is 7.33. The van der Waals surface area contributed by atoms with E-state index in [-0.39, 0.29) is 0 Å². The minimum Gasteiger partial charge on any atom is -0.314 e. The van der Waals surface area contributed by atoms with Crippen LogP contribution in [0.25, 0.3) is 0 Å². The zero-order valence-corrected chi connectivity index (χ0v) is 12.3. The predicted molar refractivity (Wildman–Crippen MR) is 75.8 cm³/mol. The van der Waals surface area contributed by atoms with Crippen molar-refractivity contribution >= 4 is 0 Å². The SMILES string of the molecule is CCNC1CCC(C)(Cc2cc(C)nn2CC)C1. The largest absolute Gasteiger partial charge is 0.314 e. The summed E-state index contributed by atoms with van der Waals surface area (Å²) in [6.07, 6.45) is 5.13. The molecular formula is C15H27N3. The Labute approximate surface area is 111 Å². The lowest BCUT2D eigenvalue weighted by Crippen LogP contribution is -2.28. The second-order valence-electron chi connectivity index (χ2n) is 6.08. The van der Waals surface area contributed by atoms with Gasteiger partial charge >= 0.3 is 0 Å². The van der Waals surface area contributed by atoms with Crippen LogP contribution >= 0.6 is 0 Å². The molecule has 0 aromatic carbocycles. The van der Waals surface area contributed by atoms with Gasteiger partial charge < -0.3 is 5.32 Å². The van der Waals surface area contributed by atoms with E-state index in [0.717, 1.165) is 24.8 Å². The molecule has 1 aromatic heterocycles. The van der Waals surface area contributed by atoms with E-state index >= 15 is 0 Å². The molecule has 102 valence electrons. The van der Waals surface area contributed by atoms with Crippen LogP contribution < -0.4 is 5.32 Å². The molecule has 1 N–H and O–H groups in total. The van der Waals surface area contributed by atoms with Gasteiger partial charge in [-0.2, -0.15) is 5.10 Å². The summed E-state index contributed by atoms with van der Waals surface area (Å²) >= 11 is 0. The van der Waals surface area contributed by atoms with E-state index in [2.05, 4.69) is 48.9 Å². The molecule has 3 heteroatoms. The third-order valence-corrected chi connectivity index (χ3v) is 4.22. The van der Waals surface area contributed by atoms with Gasteiger partial charge in [-0.05, 0) is 57.6 Å². The number of hydrogen-bond acceptors (Lipinski definition) is 2. The average molecular weight is 249 g/mol. The van der Waals surface area contributed by atoms with E-state index in [9.17, 15) is 0 Å². The van der Waals surface area contributed by atoms with Gasteiger partial charge in [0.1, 0.15) is 0 Å².